The Kier molecular flexibility index (Phi) is 4.46. The highest BCUT2D eigenvalue weighted by molar-refractivity contribution is 5.74. The molecule has 0 radical (unpaired) electrons. The maximum Gasteiger partial charge on any atom is 0.315 e. The van der Waals surface area contributed by atoms with Gasteiger partial charge in [0, 0.05) is 6.54 Å². The second kappa shape index (κ2) is 7.05. The molecule has 0 unspecified atom stereocenters. The van der Waals surface area contributed by atoms with Crippen molar-refractivity contribution in [3.8, 4) is 11.5 Å². The third-order valence-corrected chi connectivity index (χ3v) is 4.74. The van der Waals surface area contributed by atoms with Gasteiger partial charge in [0.15, 0.2) is 11.5 Å². The Bertz CT molecular complexity index is 775. The number of carbonyl (C=O) groups excluding carboxylic acids is 1. The number of nitrogens with one attached hydrogen (secondary N) is 2. The predicted molar refractivity (Wildman–Crippen MR) is 95.2 cm³/mol. The van der Waals surface area contributed by atoms with Gasteiger partial charge in [-0.25, -0.2) is 4.79 Å². The van der Waals surface area contributed by atoms with E-state index in [4.69, 9.17) is 9.47 Å². The zero-order valence-electron chi connectivity index (χ0n) is 14.1. The number of hydrogen-bond acceptors (Lipinski definition) is 3. The minimum absolute atomic E-state index is 0.112. The number of ether oxygens (including phenoxy) is 2. The van der Waals surface area contributed by atoms with Crippen LogP contribution in [-0.2, 0) is 12.8 Å². The molecule has 0 saturated carbocycles. The molecule has 5 heteroatoms. The van der Waals surface area contributed by atoms with Crippen LogP contribution in [0.3, 0.4) is 0 Å². The molecular formula is C20H22N2O3. The summed E-state index contributed by atoms with van der Waals surface area (Å²) >= 11 is 0. The largest absolute Gasteiger partial charge is 0.486 e. The fraction of sp³-hybridized carbons (Fsp3) is 0.350. The minimum atomic E-state index is -0.112. The molecule has 0 saturated heterocycles. The van der Waals surface area contributed by atoms with Crippen LogP contribution in [0.5, 0.6) is 11.5 Å². The Morgan fingerprint density at radius 2 is 1.92 bits per heavy atom. The molecular weight excluding hydrogens is 316 g/mol. The van der Waals surface area contributed by atoms with Crippen LogP contribution >= 0.6 is 0 Å². The summed E-state index contributed by atoms with van der Waals surface area (Å²) < 4.78 is 11.1. The van der Waals surface area contributed by atoms with Gasteiger partial charge in [0.2, 0.25) is 0 Å². The average Bonchev–Trinajstić information content (AvgIpc) is 3.05. The summed E-state index contributed by atoms with van der Waals surface area (Å²) in [6.45, 7) is 1.76. The van der Waals surface area contributed by atoms with Crippen molar-refractivity contribution in [2.75, 3.05) is 19.8 Å². The number of benzene rings is 2. The number of urea groups is 1. The molecule has 2 N–H and O–H groups in total. The summed E-state index contributed by atoms with van der Waals surface area (Å²) in [5, 5.41) is 6.02. The first-order chi connectivity index (χ1) is 12.3. The summed E-state index contributed by atoms with van der Waals surface area (Å²) in [6, 6.07) is 14.2. The summed E-state index contributed by atoms with van der Waals surface area (Å²) in [4.78, 5) is 12.2. The quantitative estimate of drug-likeness (QED) is 0.901. The second-order valence-corrected chi connectivity index (χ2v) is 6.42. The number of amides is 2. The summed E-state index contributed by atoms with van der Waals surface area (Å²) in [5.74, 6) is 1.58. The molecule has 2 aromatic carbocycles. The molecule has 0 bridgehead atoms. The number of carbonyl (C=O) groups is 1. The zero-order chi connectivity index (χ0) is 17.1. The van der Waals surface area contributed by atoms with Crippen LogP contribution in [0.1, 0.15) is 29.2 Å². The molecule has 2 aromatic rings. The first kappa shape index (κ1) is 15.8. The van der Waals surface area contributed by atoms with E-state index in [-0.39, 0.29) is 12.1 Å². The lowest BCUT2D eigenvalue weighted by Crippen LogP contribution is -2.38. The molecule has 1 atom stereocenters. The Morgan fingerprint density at radius 1 is 1.08 bits per heavy atom. The van der Waals surface area contributed by atoms with Crippen molar-refractivity contribution in [3.05, 3.63) is 59.2 Å². The molecule has 1 aliphatic heterocycles. The van der Waals surface area contributed by atoms with Crippen molar-refractivity contribution in [1.29, 1.82) is 0 Å². The summed E-state index contributed by atoms with van der Waals surface area (Å²) in [6.07, 6.45) is 2.75. The maximum atomic E-state index is 12.2. The van der Waals surface area contributed by atoms with Gasteiger partial charge in [-0.05, 0) is 48.1 Å². The van der Waals surface area contributed by atoms with E-state index in [1.54, 1.807) is 0 Å². The standard InChI is InChI=1S/C20H22N2O3/c23-20(22-17-7-6-15-3-1-2-4-16(15)17)21-10-9-14-5-8-18-19(13-14)25-12-11-24-18/h1-5,8,13,17H,6-7,9-12H2,(H2,21,22,23)/t17-/m1/s1. The van der Waals surface area contributed by atoms with Crippen LogP contribution in [0.25, 0.3) is 0 Å². The van der Waals surface area contributed by atoms with Gasteiger partial charge in [-0.1, -0.05) is 30.3 Å². The number of rotatable bonds is 4. The van der Waals surface area contributed by atoms with Crippen LogP contribution in [0, 0.1) is 0 Å². The first-order valence-electron chi connectivity index (χ1n) is 8.80. The molecule has 1 aliphatic carbocycles. The van der Waals surface area contributed by atoms with E-state index in [0.29, 0.717) is 19.8 Å². The molecule has 4 rings (SSSR count). The fourth-order valence-electron chi connectivity index (χ4n) is 3.48. The smallest absolute Gasteiger partial charge is 0.315 e. The minimum Gasteiger partial charge on any atom is -0.486 e. The van der Waals surface area contributed by atoms with E-state index in [0.717, 1.165) is 36.3 Å². The van der Waals surface area contributed by atoms with E-state index in [1.807, 2.05) is 24.3 Å². The second-order valence-electron chi connectivity index (χ2n) is 6.42. The van der Waals surface area contributed by atoms with Gasteiger partial charge in [-0.3, -0.25) is 0 Å². The monoisotopic (exact) mass is 338 g/mol. The Hall–Kier alpha value is -2.69. The molecule has 1 heterocycles. The highest BCUT2D eigenvalue weighted by atomic mass is 16.6. The van der Waals surface area contributed by atoms with E-state index in [9.17, 15) is 4.79 Å². The van der Waals surface area contributed by atoms with E-state index in [2.05, 4.69) is 28.8 Å². The highest BCUT2D eigenvalue weighted by Gasteiger charge is 2.23. The van der Waals surface area contributed by atoms with Crippen molar-refractivity contribution in [3.63, 3.8) is 0 Å². The van der Waals surface area contributed by atoms with Crippen LogP contribution in [0.2, 0.25) is 0 Å². The average molecular weight is 338 g/mol. The summed E-state index contributed by atoms with van der Waals surface area (Å²) in [5.41, 5.74) is 3.70. The molecule has 0 fully saturated rings. The molecule has 130 valence electrons. The molecule has 2 amide bonds. The number of hydrogen-bond donors (Lipinski definition) is 2. The lowest BCUT2D eigenvalue weighted by molar-refractivity contribution is 0.171. The maximum absolute atomic E-state index is 12.2. The van der Waals surface area contributed by atoms with Crippen molar-refractivity contribution in [2.45, 2.75) is 25.3 Å². The molecule has 0 aromatic heterocycles. The van der Waals surface area contributed by atoms with Gasteiger partial charge in [0.05, 0.1) is 6.04 Å². The van der Waals surface area contributed by atoms with Gasteiger partial charge in [0.1, 0.15) is 13.2 Å². The fourth-order valence-corrected chi connectivity index (χ4v) is 3.48. The zero-order valence-corrected chi connectivity index (χ0v) is 14.1. The van der Waals surface area contributed by atoms with Crippen molar-refractivity contribution in [2.24, 2.45) is 0 Å². The van der Waals surface area contributed by atoms with Crippen molar-refractivity contribution in [1.82, 2.24) is 10.6 Å². The van der Waals surface area contributed by atoms with Crippen LogP contribution in [0.4, 0.5) is 4.79 Å². The number of aryl methyl sites for hydroxylation is 1. The van der Waals surface area contributed by atoms with E-state index < -0.39 is 0 Å². The van der Waals surface area contributed by atoms with E-state index >= 15 is 0 Å². The first-order valence-corrected chi connectivity index (χ1v) is 8.80. The Labute approximate surface area is 147 Å². The highest BCUT2D eigenvalue weighted by Crippen LogP contribution is 2.31. The van der Waals surface area contributed by atoms with Crippen LogP contribution in [-0.4, -0.2) is 25.8 Å². The normalized spacial score (nSPS) is 17.7. The van der Waals surface area contributed by atoms with E-state index in [1.165, 1.54) is 11.1 Å². The molecule has 25 heavy (non-hydrogen) atoms. The third-order valence-electron chi connectivity index (χ3n) is 4.74. The van der Waals surface area contributed by atoms with Crippen molar-refractivity contribution >= 4 is 6.03 Å². The SMILES string of the molecule is O=C(NCCc1ccc2c(c1)OCCO2)N[C@@H]1CCc2ccccc21. The topological polar surface area (TPSA) is 59.6 Å². The van der Waals surface area contributed by atoms with Crippen LogP contribution in [0.15, 0.2) is 42.5 Å². The van der Waals surface area contributed by atoms with Crippen molar-refractivity contribution < 1.29 is 14.3 Å². The lowest BCUT2D eigenvalue weighted by Gasteiger charge is -2.19. The van der Waals surface area contributed by atoms with Gasteiger partial charge >= 0.3 is 6.03 Å². The Morgan fingerprint density at radius 3 is 2.84 bits per heavy atom. The summed E-state index contributed by atoms with van der Waals surface area (Å²) in [7, 11) is 0. The predicted octanol–water partition coefficient (Wildman–Crippen LogP) is 2.99. The number of fused-ring (bicyclic) bond motifs is 2. The van der Waals surface area contributed by atoms with Gasteiger partial charge in [0.25, 0.3) is 0 Å². The molecule has 5 nitrogen and oxygen atoms in total. The molecule has 2 aliphatic rings. The van der Waals surface area contributed by atoms with Gasteiger partial charge in [-0.2, -0.15) is 0 Å². The van der Waals surface area contributed by atoms with Gasteiger partial charge in [-0.15, -0.1) is 0 Å². The van der Waals surface area contributed by atoms with Crippen LogP contribution < -0.4 is 20.1 Å². The Balaban J connectivity index is 1.27. The van der Waals surface area contributed by atoms with Gasteiger partial charge < -0.3 is 20.1 Å². The lowest BCUT2D eigenvalue weighted by atomic mass is 10.1. The molecule has 0 spiro atoms. The third kappa shape index (κ3) is 3.55.